The summed E-state index contributed by atoms with van der Waals surface area (Å²) in [5.74, 6) is -1.47. The van der Waals surface area contributed by atoms with Crippen molar-refractivity contribution < 1.29 is 24.2 Å². The summed E-state index contributed by atoms with van der Waals surface area (Å²) in [7, 11) is 0. The summed E-state index contributed by atoms with van der Waals surface area (Å²) in [6.45, 7) is 2.65. The van der Waals surface area contributed by atoms with Gasteiger partial charge in [-0.3, -0.25) is 14.3 Å². The van der Waals surface area contributed by atoms with Crippen molar-refractivity contribution in [2.45, 2.75) is 31.6 Å². The lowest BCUT2D eigenvalue weighted by atomic mass is 10.0. The minimum absolute atomic E-state index is 0.0176. The van der Waals surface area contributed by atoms with Crippen molar-refractivity contribution in [3.63, 3.8) is 0 Å². The molecule has 2 aliphatic heterocycles. The molecule has 0 saturated carbocycles. The average Bonchev–Trinajstić information content (AvgIpc) is 3.15. The summed E-state index contributed by atoms with van der Waals surface area (Å²) >= 11 is 0. The van der Waals surface area contributed by atoms with Crippen LogP contribution in [-0.4, -0.2) is 63.8 Å². The Morgan fingerprint density at radius 3 is 2.59 bits per heavy atom. The predicted octanol–water partition coefficient (Wildman–Crippen LogP) is 0.337. The zero-order valence-electron chi connectivity index (χ0n) is 12.2. The van der Waals surface area contributed by atoms with Gasteiger partial charge in [-0.2, -0.15) is 5.10 Å². The number of hydrogen-bond acceptors (Lipinski definition) is 5. The first-order valence-electron chi connectivity index (χ1n) is 7.39. The number of rotatable bonds is 4. The van der Waals surface area contributed by atoms with E-state index in [4.69, 9.17) is 14.6 Å². The number of aryl methyl sites for hydroxylation is 1. The van der Waals surface area contributed by atoms with Crippen molar-refractivity contribution in [3.8, 4) is 0 Å². The van der Waals surface area contributed by atoms with Gasteiger partial charge in [0.25, 0.3) is 5.91 Å². The second kappa shape index (κ2) is 6.05. The van der Waals surface area contributed by atoms with Crippen LogP contribution in [0.3, 0.4) is 0 Å². The first-order valence-corrected chi connectivity index (χ1v) is 7.39. The molecular formula is C14H19N3O5. The van der Waals surface area contributed by atoms with E-state index in [2.05, 4.69) is 5.10 Å². The highest BCUT2D eigenvalue weighted by Crippen LogP contribution is 2.31. The number of piperidine rings is 1. The number of carbonyl (C=O) groups excluding carboxylic acids is 1. The molecule has 2 fully saturated rings. The molecule has 3 heterocycles. The Balaban J connectivity index is 1.57. The molecule has 1 aromatic rings. The number of carboxylic acids is 1. The van der Waals surface area contributed by atoms with Crippen LogP contribution in [0.2, 0.25) is 0 Å². The molecule has 3 rings (SSSR count). The van der Waals surface area contributed by atoms with Crippen LogP contribution in [0.25, 0.3) is 0 Å². The van der Waals surface area contributed by atoms with Gasteiger partial charge < -0.3 is 19.5 Å². The van der Waals surface area contributed by atoms with Gasteiger partial charge in [-0.1, -0.05) is 0 Å². The highest BCUT2D eigenvalue weighted by molar-refractivity contribution is 5.93. The number of nitrogens with zero attached hydrogens (tertiary/aromatic N) is 3. The Morgan fingerprint density at radius 2 is 1.95 bits per heavy atom. The highest BCUT2D eigenvalue weighted by atomic mass is 16.7. The molecule has 8 heteroatoms. The molecule has 0 aromatic carbocycles. The maximum atomic E-state index is 12.4. The van der Waals surface area contributed by atoms with E-state index < -0.39 is 11.8 Å². The molecule has 0 aliphatic carbocycles. The molecule has 1 spiro atoms. The fourth-order valence-corrected chi connectivity index (χ4v) is 2.83. The van der Waals surface area contributed by atoms with Gasteiger partial charge in [-0.05, 0) is 0 Å². The largest absolute Gasteiger partial charge is 0.481 e. The number of hydrogen-bond donors (Lipinski definition) is 1. The number of carbonyl (C=O) groups is 2. The van der Waals surface area contributed by atoms with Crippen LogP contribution >= 0.6 is 0 Å². The average molecular weight is 309 g/mol. The molecule has 1 aromatic heterocycles. The summed E-state index contributed by atoms with van der Waals surface area (Å²) in [6.07, 6.45) is 4.41. The third kappa shape index (κ3) is 3.12. The number of likely N-dealkylation sites (tertiary alicyclic amines) is 1. The second-order valence-electron chi connectivity index (χ2n) is 5.54. The van der Waals surface area contributed by atoms with Crippen molar-refractivity contribution in [1.29, 1.82) is 0 Å². The third-order valence-corrected chi connectivity index (χ3v) is 4.06. The lowest BCUT2D eigenvalue weighted by Gasteiger charge is -2.37. The summed E-state index contributed by atoms with van der Waals surface area (Å²) < 4.78 is 12.8. The van der Waals surface area contributed by atoms with Gasteiger partial charge in [0, 0.05) is 32.1 Å². The summed E-state index contributed by atoms with van der Waals surface area (Å²) in [4.78, 5) is 24.7. The van der Waals surface area contributed by atoms with Crippen molar-refractivity contribution in [3.05, 3.63) is 18.0 Å². The van der Waals surface area contributed by atoms with Crippen molar-refractivity contribution in [2.24, 2.45) is 0 Å². The Hall–Kier alpha value is -1.93. The van der Waals surface area contributed by atoms with Gasteiger partial charge in [0.1, 0.15) is 0 Å². The van der Waals surface area contributed by atoms with Crippen LogP contribution in [-0.2, 0) is 20.8 Å². The highest BCUT2D eigenvalue weighted by Gasteiger charge is 2.40. The quantitative estimate of drug-likeness (QED) is 0.862. The van der Waals surface area contributed by atoms with E-state index in [0.29, 0.717) is 44.7 Å². The van der Waals surface area contributed by atoms with E-state index in [1.165, 1.54) is 10.9 Å². The van der Waals surface area contributed by atoms with Crippen LogP contribution in [0.4, 0.5) is 0 Å². The molecular weight excluding hydrogens is 290 g/mol. The first kappa shape index (κ1) is 15.0. The van der Waals surface area contributed by atoms with E-state index in [1.807, 2.05) is 0 Å². The van der Waals surface area contributed by atoms with E-state index in [1.54, 1.807) is 11.1 Å². The molecule has 8 nitrogen and oxygen atoms in total. The monoisotopic (exact) mass is 309 g/mol. The van der Waals surface area contributed by atoms with Crippen LogP contribution in [0, 0.1) is 0 Å². The lowest BCUT2D eigenvalue weighted by molar-refractivity contribution is -0.181. The zero-order valence-corrected chi connectivity index (χ0v) is 12.2. The zero-order chi connectivity index (χ0) is 15.6. The van der Waals surface area contributed by atoms with Gasteiger partial charge in [-0.15, -0.1) is 0 Å². The molecule has 22 heavy (non-hydrogen) atoms. The minimum atomic E-state index is -0.888. The standard InChI is InChI=1S/C14H19N3O5/c18-12(19)1-4-17-10-11(9-15-17)13(20)16-5-2-14(3-6-16)21-7-8-22-14/h9-10H,1-8H2,(H,18,19). The Labute approximate surface area is 127 Å². The van der Waals surface area contributed by atoms with Crippen molar-refractivity contribution in [2.75, 3.05) is 26.3 Å². The van der Waals surface area contributed by atoms with Gasteiger partial charge >= 0.3 is 5.97 Å². The Bertz CT molecular complexity index is 555. The van der Waals surface area contributed by atoms with Crippen LogP contribution in [0.1, 0.15) is 29.6 Å². The fraction of sp³-hybridized carbons (Fsp3) is 0.643. The molecule has 0 atom stereocenters. The summed E-state index contributed by atoms with van der Waals surface area (Å²) in [5.41, 5.74) is 0.481. The van der Waals surface area contributed by atoms with Gasteiger partial charge in [0.05, 0.1) is 37.9 Å². The normalized spacial score (nSPS) is 20.5. The Morgan fingerprint density at radius 1 is 1.27 bits per heavy atom. The minimum Gasteiger partial charge on any atom is -0.481 e. The topological polar surface area (TPSA) is 93.9 Å². The summed E-state index contributed by atoms with van der Waals surface area (Å²) in [6, 6.07) is 0. The SMILES string of the molecule is O=C(O)CCn1cc(C(=O)N2CCC3(CC2)OCCO3)cn1. The molecule has 0 unspecified atom stereocenters. The van der Waals surface area contributed by atoms with Crippen molar-refractivity contribution in [1.82, 2.24) is 14.7 Å². The number of aliphatic carboxylic acids is 1. The maximum Gasteiger partial charge on any atom is 0.305 e. The first-order chi connectivity index (χ1) is 10.6. The maximum absolute atomic E-state index is 12.4. The lowest BCUT2D eigenvalue weighted by Crippen LogP contribution is -2.47. The van der Waals surface area contributed by atoms with Gasteiger partial charge in [-0.25, -0.2) is 0 Å². The summed E-state index contributed by atoms with van der Waals surface area (Å²) in [5, 5.41) is 12.7. The number of aromatic nitrogens is 2. The second-order valence-corrected chi connectivity index (χ2v) is 5.54. The van der Waals surface area contributed by atoms with E-state index in [-0.39, 0.29) is 18.9 Å². The van der Waals surface area contributed by atoms with E-state index in [0.717, 1.165) is 0 Å². The fourth-order valence-electron chi connectivity index (χ4n) is 2.83. The molecule has 0 radical (unpaired) electrons. The van der Waals surface area contributed by atoms with Crippen LogP contribution in [0.15, 0.2) is 12.4 Å². The van der Waals surface area contributed by atoms with Crippen LogP contribution < -0.4 is 0 Å². The molecule has 1 amide bonds. The molecule has 1 N–H and O–H groups in total. The van der Waals surface area contributed by atoms with Crippen LogP contribution in [0.5, 0.6) is 0 Å². The van der Waals surface area contributed by atoms with E-state index in [9.17, 15) is 9.59 Å². The molecule has 120 valence electrons. The van der Waals surface area contributed by atoms with Crippen molar-refractivity contribution >= 4 is 11.9 Å². The van der Waals surface area contributed by atoms with Gasteiger partial charge in [0.2, 0.25) is 0 Å². The van der Waals surface area contributed by atoms with Gasteiger partial charge in [0.15, 0.2) is 5.79 Å². The smallest absolute Gasteiger partial charge is 0.305 e. The number of carboxylic acid groups (broad SMARTS) is 1. The number of ether oxygens (including phenoxy) is 2. The van der Waals surface area contributed by atoms with E-state index >= 15 is 0 Å². The number of amides is 1. The molecule has 2 aliphatic rings. The third-order valence-electron chi connectivity index (χ3n) is 4.06. The molecule has 0 bridgehead atoms. The molecule has 2 saturated heterocycles. The Kier molecular flexibility index (Phi) is 4.12. The predicted molar refractivity (Wildman–Crippen MR) is 74.3 cm³/mol.